The third-order valence-corrected chi connectivity index (χ3v) is 4.91. The number of rotatable bonds is 7. The Bertz CT molecular complexity index is 756. The second kappa shape index (κ2) is 9.66. The number of hydrogen-bond donors (Lipinski definition) is 2. The van der Waals surface area contributed by atoms with E-state index in [9.17, 15) is 9.18 Å². The number of morpholine rings is 1. The molecule has 1 unspecified atom stereocenters. The molecule has 0 aromatic heterocycles. The lowest BCUT2D eigenvalue weighted by Gasteiger charge is -2.28. The molecule has 0 aliphatic carbocycles. The summed E-state index contributed by atoms with van der Waals surface area (Å²) in [5.41, 5.74) is 2.88. The molecule has 1 heterocycles. The molecular weight excluding hydrogens is 357 g/mol. The van der Waals surface area contributed by atoms with Crippen LogP contribution in [0.1, 0.15) is 25.5 Å². The van der Waals surface area contributed by atoms with Gasteiger partial charge in [-0.05, 0) is 47.9 Å². The van der Waals surface area contributed by atoms with E-state index in [1.807, 2.05) is 24.3 Å². The van der Waals surface area contributed by atoms with Gasteiger partial charge in [0.2, 0.25) is 5.91 Å². The van der Waals surface area contributed by atoms with Gasteiger partial charge in [0.05, 0.1) is 19.8 Å². The Labute approximate surface area is 165 Å². The maximum absolute atomic E-state index is 13.2. The van der Waals surface area contributed by atoms with Crippen molar-refractivity contribution in [2.24, 2.45) is 5.92 Å². The van der Waals surface area contributed by atoms with Crippen LogP contribution in [0.3, 0.4) is 0 Å². The van der Waals surface area contributed by atoms with E-state index in [4.69, 9.17) is 4.74 Å². The van der Waals surface area contributed by atoms with Crippen molar-refractivity contribution in [1.29, 1.82) is 0 Å². The molecule has 3 rings (SSSR count). The third kappa shape index (κ3) is 5.53. The Morgan fingerprint density at radius 3 is 2.32 bits per heavy atom. The zero-order chi connectivity index (χ0) is 19.9. The molecule has 1 aliphatic rings. The van der Waals surface area contributed by atoms with Crippen LogP contribution in [-0.2, 0) is 9.53 Å². The number of carbonyl (C=O) groups excluding carboxylic acids is 1. The van der Waals surface area contributed by atoms with Crippen molar-refractivity contribution in [3.8, 4) is 0 Å². The molecule has 2 aromatic carbocycles. The molecule has 28 heavy (non-hydrogen) atoms. The summed E-state index contributed by atoms with van der Waals surface area (Å²) < 4.78 is 18.5. The summed E-state index contributed by atoms with van der Waals surface area (Å²) in [6.45, 7) is 7.59. The van der Waals surface area contributed by atoms with Crippen LogP contribution in [0, 0.1) is 11.7 Å². The lowest BCUT2D eigenvalue weighted by Crippen LogP contribution is -2.36. The van der Waals surface area contributed by atoms with Crippen LogP contribution in [0.5, 0.6) is 0 Å². The average Bonchev–Trinajstić information content (AvgIpc) is 2.70. The van der Waals surface area contributed by atoms with Crippen molar-refractivity contribution in [2.75, 3.05) is 43.1 Å². The first-order chi connectivity index (χ1) is 13.5. The van der Waals surface area contributed by atoms with E-state index in [1.54, 1.807) is 12.1 Å². The Morgan fingerprint density at radius 2 is 1.71 bits per heavy atom. The molecule has 2 aromatic rings. The molecule has 1 fully saturated rings. The van der Waals surface area contributed by atoms with Gasteiger partial charge in [-0.15, -0.1) is 0 Å². The number of benzene rings is 2. The van der Waals surface area contributed by atoms with Crippen molar-refractivity contribution in [3.05, 3.63) is 59.9 Å². The molecule has 2 N–H and O–H groups in total. The second-order valence-electron chi connectivity index (χ2n) is 7.35. The molecule has 0 radical (unpaired) electrons. The van der Waals surface area contributed by atoms with E-state index in [1.165, 1.54) is 12.1 Å². The van der Waals surface area contributed by atoms with Crippen LogP contribution in [0.15, 0.2) is 48.5 Å². The van der Waals surface area contributed by atoms with Gasteiger partial charge in [-0.2, -0.15) is 0 Å². The predicted octanol–water partition coefficient (Wildman–Crippen LogP) is 3.59. The predicted molar refractivity (Wildman–Crippen MR) is 110 cm³/mol. The fourth-order valence-electron chi connectivity index (χ4n) is 3.39. The maximum Gasteiger partial charge on any atom is 0.238 e. The average molecular weight is 385 g/mol. The molecule has 1 atom stereocenters. The highest BCUT2D eigenvalue weighted by atomic mass is 19.1. The van der Waals surface area contributed by atoms with Crippen molar-refractivity contribution in [3.63, 3.8) is 0 Å². The topological polar surface area (TPSA) is 53.6 Å². The van der Waals surface area contributed by atoms with E-state index in [-0.39, 0.29) is 30.2 Å². The minimum atomic E-state index is -0.260. The highest BCUT2D eigenvalue weighted by molar-refractivity contribution is 5.92. The van der Waals surface area contributed by atoms with Gasteiger partial charge in [-0.3, -0.25) is 4.79 Å². The Morgan fingerprint density at radius 1 is 1.07 bits per heavy atom. The van der Waals surface area contributed by atoms with Crippen molar-refractivity contribution < 1.29 is 13.9 Å². The molecule has 1 saturated heterocycles. The monoisotopic (exact) mass is 385 g/mol. The van der Waals surface area contributed by atoms with Crippen LogP contribution in [0.2, 0.25) is 0 Å². The van der Waals surface area contributed by atoms with Crippen LogP contribution in [-0.4, -0.2) is 38.8 Å². The molecule has 1 amide bonds. The number of hydrogen-bond acceptors (Lipinski definition) is 4. The van der Waals surface area contributed by atoms with E-state index in [0.717, 1.165) is 43.2 Å². The lowest BCUT2D eigenvalue weighted by molar-refractivity contribution is -0.115. The first-order valence-corrected chi connectivity index (χ1v) is 9.74. The van der Waals surface area contributed by atoms with Gasteiger partial charge >= 0.3 is 0 Å². The van der Waals surface area contributed by atoms with Gasteiger partial charge in [0.25, 0.3) is 0 Å². The molecule has 0 spiro atoms. The quantitative estimate of drug-likeness (QED) is 0.765. The summed E-state index contributed by atoms with van der Waals surface area (Å²) >= 11 is 0. The van der Waals surface area contributed by atoms with Crippen LogP contribution in [0.25, 0.3) is 0 Å². The minimum absolute atomic E-state index is 0.0185. The number of nitrogens with zero attached hydrogens (tertiary/aromatic N) is 1. The van der Waals surface area contributed by atoms with Crippen LogP contribution >= 0.6 is 0 Å². The summed E-state index contributed by atoms with van der Waals surface area (Å²) in [6.07, 6.45) is 0. The van der Waals surface area contributed by atoms with E-state index >= 15 is 0 Å². The number of carbonyl (C=O) groups is 1. The largest absolute Gasteiger partial charge is 0.378 e. The molecule has 150 valence electrons. The van der Waals surface area contributed by atoms with Gasteiger partial charge < -0.3 is 20.3 Å². The molecule has 0 bridgehead atoms. The minimum Gasteiger partial charge on any atom is -0.378 e. The number of nitrogens with one attached hydrogen (secondary N) is 2. The second-order valence-corrected chi connectivity index (χ2v) is 7.35. The zero-order valence-electron chi connectivity index (χ0n) is 16.5. The Hall–Kier alpha value is -2.44. The number of ether oxygens (including phenoxy) is 1. The summed E-state index contributed by atoms with van der Waals surface area (Å²) in [5, 5.41) is 6.20. The van der Waals surface area contributed by atoms with Crippen LogP contribution in [0.4, 0.5) is 15.8 Å². The molecule has 1 aliphatic heterocycles. The van der Waals surface area contributed by atoms with E-state index in [2.05, 4.69) is 29.4 Å². The van der Waals surface area contributed by atoms with Gasteiger partial charge in [-0.25, -0.2) is 4.39 Å². The third-order valence-electron chi connectivity index (χ3n) is 4.91. The van der Waals surface area contributed by atoms with Gasteiger partial charge in [-0.1, -0.05) is 26.0 Å². The van der Waals surface area contributed by atoms with Crippen LogP contribution < -0.4 is 15.5 Å². The number of halogens is 1. The fourth-order valence-corrected chi connectivity index (χ4v) is 3.39. The normalized spacial score (nSPS) is 15.5. The van der Waals surface area contributed by atoms with E-state index in [0.29, 0.717) is 0 Å². The zero-order valence-corrected chi connectivity index (χ0v) is 16.5. The highest BCUT2D eigenvalue weighted by Crippen LogP contribution is 2.22. The number of amides is 1. The summed E-state index contributed by atoms with van der Waals surface area (Å²) in [6, 6.07) is 14.3. The SMILES string of the molecule is CC(C)C(NCC(=O)Nc1ccc(N2CCOCC2)cc1)c1ccc(F)cc1. The fraction of sp³-hybridized carbons (Fsp3) is 0.409. The van der Waals surface area contributed by atoms with Crippen molar-refractivity contribution in [1.82, 2.24) is 5.32 Å². The summed E-state index contributed by atoms with van der Waals surface area (Å²) in [7, 11) is 0. The molecule has 6 heteroatoms. The van der Waals surface area contributed by atoms with Crippen molar-refractivity contribution in [2.45, 2.75) is 19.9 Å². The Balaban J connectivity index is 1.53. The Kier molecular flexibility index (Phi) is 7.01. The highest BCUT2D eigenvalue weighted by Gasteiger charge is 2.17. The lowest BCUT2D eigenvalue weighted by atomic mass is 9.96. The first kappa shape index (κ1) is 20.3. The molecular formula is C22H28FN3O2. The number of anilines is 2. The van der Waals surface area contributed by atoms with Gasteiger partial charge in [0.15, 0.2) is 0 Å². The van der Waals surface area contributed by atoms with Gasteiger partial charge in [0, 0.05) is 30.5 Å². The standard InChI is InChI=1S/C22H28FN3O2/c1-16(2)22(17-3-5-18(23)6-4-17)24-15-21(27)25-19-7-9-20(10-8-19)26-11-13-28-14-12-26/h3-10,16,22,24H,11-15H2,1-2H3,(H,25,27). The summed E-state index contributed by atoms with van der Waals surface area (Å²) in [5.74, 6) is -0.0949. The molecule has 0 saturated carbocycles. The summed E-state index contributed by atoms with van der Waals surface area (Å²) in [4.78, 5) is 14.6. The first-order valence-electron chi connectivity index (χ1n) is 9.74. The van der Waals surface area contributed by atoms with E-state index < -0.39 is 0 Å². The molecule has 5 nitrogen and oxygen atoms in total. The maximum atomic E-state index is 13.2. The van der Waals surface area contributed by atoms with Gasteiger partial charge in [0.1, 0.15) is 5.82 Å². The van der Waals surface area contributed by atoms with Crippen molar-refractivity contribution >= 4 is 17.3 Å². The smallest absolute Gasteiger partial charge is 0.238 e.